The van der Waals surface area contributed by atoms with E-state index in [1.807, 2.05) is 30.3 Å². The molecule has 0 bridgehead atoms. The van der Waals surface area contributed by atoms with Crippen LogP contribution < -0.4 is 10.1 Å². The summed E-state index contributed by atoms with van der Waals surface area (Å²) >= 11 is 22.3. The summed E-state index contributed by atoms with van der Waals surface area (Å²) in [6.45, 7) is -0.184. The van der Waals surface area contributed by atoms with Crippen molar-refractivity contribution in [3.05, 3.63) is 97.4 Å². The summed E-state index contributed by atoms with van der Waals surface area (Å²) < 4.78 is 6.60. The third-order valence-corrected chi connectivity index (χ3v) is 7.95. The fourth-order valence-electron chi connectivity index (χ4n) is 4.57. The Morgan fingerprint density at radius 3 is 2.39 bits per heavy atom. The molecule has 1 N–H and O–H groups in total. The highest BCUT2D eigenvalue weighted by Crippen LogP contribution is 2.29. The maximum Gasteiger partial charge on any atom is 0.261 e. The molecule has 1 aliphatic rings. The van der Waals surface area contributed by atoms with Crippen molar-refractivity contribution in [2.24, 2.45) is 0 Å². The van der Waals surface area contributed by atoms with E-state index in [2.05, 4.69) is 21.2 Å². The largest absolute Gasteiger partial charge is 0.482 e. The van der Waals surface area contributed by atoms with Crippen molar-refractivity contribution in [2.45, 2.75) is 50.7 Å². The number of rotatable bonds is 10. The highest BCUT2D eigenvalue weighted by Gasteiger charge is 2.33. The molecule has 5 nitrogen and oxygen atoms in total. The maximum absolute atomic E-state index is 13.8. The predicted molar refractivity (Wildman–Crippen MR) is 156 cm³/mol. The Morgan fingerprint density at radius 1 is 0.974 bits per heavy atom. The van der Waals surface area contributed by atoms with Gasteiger partial charge in [-0.05, 0) is 54.3 Å². The average molecular weight is 639 g/mol. The van der Waals surface area contributed by atoms with Gasteiger partial charge in [0.25, 0.3) is 5.91 Å². The molecular formula is C29H28BrCl3N2O3. The summed E-state index contributed by atoms with van der Waals surface area (Å²) in [5.74, 6) is -0.180. The Morgan fingerprint density at radius 2 is 1.71 bits per heavy atom. The number of halogens is 4. The summed E-state index contributed by atoms with van der Waals surface area (Å²) in [6.07, 6.45) is 4.38. The minimum Gasteiger partial charge on any atom is -0.482 e. The Labute approximate surface area is 246 Å². The van der Waals surface area contributed by atoms with Crippen LogP contribution in [-0.4, -0.2) is 35.4 Å². The van der Waals surface area contributed by atoms with Crippen molar-refractivity contribution in [3.8, 4) is 5.75 Å². The molecule has 200 valence electrons. The molecular weight excluding hydrogens is 611 g/mol. The summed E-state index contributed by atoms with van der Waals surface area (Å²) in [4.78, 5) is 29.0. The van der Waals surface area contributed by atoms with Gasteiger partial charge in [-0.25, -0.2) is 0 Å². The van der Waals surface area contributed by atoms with Crippen LogP contribution in [0.1, 0.15) is 36.8 Å². The number of nitrogens with zero attached hydrogens (tertiary/aromatic N) is 1. The number of benzene rings is 3. The van der Waals surface area contributed by atoms with Crippen molar-refractivity contribution < 1.29 is 14.3 Å². The van der Waals surface area contributed by atoms with Crippen LogP contribution in [0.25, 0.3) is 0 Å². The van der Waals surface area contributed by atoms with Gasteiger partial charge in [0.05, 0.1) is 5.02 Å². The van der Waals surface area contributed by atoms with Crippen LogP contribution in [0.15, 0.2) is 71.2 Å². The van der Waals surface area contributed by atoms with Gasteiger partial charge >= 0.3 is 0 Å². The lowest BCUT2D eigenvalue weighted by molar-refractivity contribution is -0.143. The van der Waals surface area contributed by atoms with E-state index in [9.17, 15) is 9.59 Å². The molecule has 3 aromatic rings. The summed E-state index contributed by atoms with van der Waals surface area (Å²) in [6, 6.07) is 19.3. The van der Waals surface area contributed by atoms with Crippen LogP contribution in [-0.2, 0) is 22.6 Å². The van der Waals surface area contributed by atoms with E-state index in [0.29, 0.717) is 32.8 Å². The number of amides is 2. The van der Waals surface area contributed by atoms with Crippen LogP contribution in [0.2, 0.25) is 15.1 Å². The molecule has 0 heterocycles. The van der Waals surface area contributed by atoms with E-state index < -0.39 is 6.04 Å². The molecule has 1 atom stereocenters. The van der Waals surface area contributed by atoms with Gasteiger partial charge in [0.1, 0.15) is 11.8 Å². The van der Waals surface area contributed by atoms with Crippen LogP contribution in [0.3, 0.4) is 0 Å². The molecule has 1 fully saturated rings. The Kier molecular flexibility index (Phi) is 10.4. The lowest BCUT2D eigenvalue weighted by Crippen LogP contribution is -2.53. The lowest BCUT2D eigenvalue weighted by Gasteiger charge is -2.32. The number of hydrogen-bond acceptors (Lipinski definition) is 3. The monoisotopic (exact) mass is 636 g/mol. The molecule has 3 aromatic carbocycles. The van der Waals surface area contributed by atoms with Crippen molar-refractivity contribution in [1.82, 2.24) is 10.2 Å². The quantitative estimate of drug-likeness (QED) is 0.251. The number of ether oxygens (including phenoxy) is 1. The number of nitrogens with one attached hydrogen (secondary N) is 1. The average Bonchev–Trinajstić information content (AvgIpc) is 3.40. The van der Waals surface area contributed by atoms with Crippen molar-refractivity contribution in [2.75, 3.05) is 6.61 Å². The lowest BCUT2D eigenvalue weighted by atomic mass is 10.0. The zero-order chi connectivity index (χ0) is 27.1. The fourth-order valence-corrected chi connectivity index (χ4v) is 5.77. The van der Waals surface area contributed by atoms with Crippen molar-refractivity contribution >= 4 is 62.5 Å². The van der Waals surface area contributed by atoms with Crippen molar-refractivity contribution in [3.63, 3.8) is 0 Å². The van der Waals surface area contributed by atoms with Crippen LogP contribution in [0.5, 0.6) is 5.75 Å². The van der Waals surface area contributed by atoms with Gasteiger partial charge in [0, 0.05) is 33.5 Å². The summed E-state index contributed by atoms with van der Waals surface area (Å²) in [7, 11) is 0. The number of carbonyl (C=O) groups is 2. The molecule has 0 aromatic heterocycles. The van der Waals surface area contributed by atoms with E-state index in [4.69, 9.17) is 39.5 Å². The molecule has 38 heavy (non-hydrogen) atoms. The predicted octanol–water partition coefficient (Wildman–Crippen LogP) is 7.49. The second kappa shape index (κ2) is 13.7. The Bertz CT molecular complexity index is 1270. The Balaban J connectivity index is 1.64. The maximum atomic E-state index is 13.8. The van der Waals surface area contributed by atoms with Gasteiger partial charge < -0.3 is 15.0 Å². The highest BCUT2D eigenvalue weighted by molar-refractivity contribution is 9.10. The normalized spacial score (nSPS) is 14.2. The van der Waals surface area contributed by atoms with Crippen LogP contribution in [0.4, 0.5) is 0 Å². The number of carbonyl (C=O) groups excluding carboxylic acids is 2. The highest BCUT2D eigenvalue weighted by atomic mass is 79.9. The molecule has 0 spiro atoms. The van der Waals surface area contributed by atoms with E-state index in [1.54, 1.807) is 41.3 Å². The molecule has 9 heteroatoms. The third-order valence-electron chi connectivity index (χ3n) is 6.57. The first-order valence-corrected chi connectivity index (χ1v) is 14.4. The fraction of sp³-hybridized carbons (Fsp3) is 0.310. The van der Waals surface area contributed by atoms with E-state index >= 15 is 0 Å². The number of hydrogen-bond donors (Lipinski definition) is 1. The summed E-state index contributed by atoms with van der Waals surface area (Å²) in [5, 5.41) is 4.46. The topological polar surface area (TPSA) is 58.6 Å². The second-order valence-corrected chi connectivity index (χ2v) is 11.5. The van der Waals surface area contributed by atoms with Gasteiger partial charge in [-0.2, -0.15) is 0 Å². The van der Waals surface area contributed by atoms with Gasteiger partial charge in [-0.15, -0.1) is 0 Å². The van der Waals surface area contributed by atoms with Gasteiger partial charge in [-0.1, -0.05) is 100.0 Å². The minimum absolute atomic E-state index is 0.106. The first kappa shape index (κ1) is 28.8. The van der Waals surface area contributed by atoms with Gasteiger partial charge in [0.2, 0.25) is 5.91 Å². The molecule has 0 aliphatic heterocycles. The SMILES string of the molecule is O=C(NC1CCCC1)[C@H](Cc1ccccc1)N(Cc1ccc(Cl)cc1Cl)C(=O)COc1ccc(Br)cc1Cl. The third kappa shape index (κ3) is 7.89. The first-order chi connectivity index (χ1) is 18.3. The molecule has 1 saturated carbocycles. The van der Waals surface area contributed by atoms with Crippen molar-refractivity contribution in [1.29, 1.82) is 0 Å². The molecule has 2 amide bonds. The second-order valence-electron chi connectivity index (χ2n) is 9.32. The zero-order valence-electron chi connectivity index (χ0n) is 20.6. The summed E-state index contributed by atoms with van der Waals surface area (Å²) in [5.41, 5.74) is 1.62. The minimum atomic E-state index is -0.777. The molecule has 0 radical (unpaired) electrons. The van der Waals surface area contributed by atoms with Gasteiger partial charge in [0.15, 0.2) is 6.61 Å². The molecule has 0 saturated heterocycles. The van der Waals surface area contributed by atoms with Crippen LogP contribution in [0, 0.1) is 0 Å². The first-order valence-electron chi connectivity index (χ1n) is 12.5. The van der Waals surface area contributed by atoms with E-state index in [1.165, 1.54) is 0 Å². The standard InChI is InChI=1S/C29H28BrCl3N2O3/c30-21-11-13-27(25(33)15-21)38-18-28(36)35(17-20-10-12-22(31)16-24(20)32)26(14-19-6-2-1-3-7-19)29(37)34-23-8-4-5-9-23/h1-3,6-7,10-13,15-16,23,26H,4-5,8-9,14,17-18H2,(H,34,37)/t26-/m0/s1. The van der Waals surface area contributed by atoms with E-state index in [0.717, 1.165) is 35.7 Å². The molecule has 1 aliphatic carbocycles. The van der Waals surface area contributed by atoms with E-state index in [-0.39, 0.29) is 31.0 Å². The van der Waals surface area contributed by atoms with Gasteiger partial charge in [-0.3, -0.25) is 9.59 Å². The molecule has 4 rings (SSSR count). The molecule has 0 unspecified atom stereocenters. The van der Waals surface area contributed by atoms with Crippen LogP contribution >= 0.6 is 50.7 Å². The Hall–Kier alpha value is -2.25. The smallest absolute Gasteiger partial charge is 0.261 e. The zero-order valence-corrected chi connectivity index (χ0v) is 24.5.